The van der Waals surface area contributed by atoms with Gasteiger partial charge >= 0.3 is 6.61 Å². The number of hydrogen-bond donors (Lipinski definition) is 2. The van der Waals surface area contributed by atoms with Crippen LogP contribution >= 0.6 is 0 Å². The minimum absolute atomic E-state index is 0.0793. The van der Waals surface area contributed by atoms with E-state index in [1.807, 2.05) is 0 Å². The molecule has 1 fully saturated rings. The molecule has 1 aromatic rings. The number of rotatable bonds is 6. The van der Waals surface area contributed by atoms with Gasteiger partial charge in [0, 0.05) is 25.3 Å². The summed E-state index contributed by atoms with van der Waals surface area (Å²) >= 11 is 0. The van der Waals surface area contributed by atoms with Crippen molar-refractivity contribution >= 4 is 11.6 Å². The first-order chi connectivity index (χ1) is 11.4. The number of benzene rings is 1. The summed E-state index contributed by atoms with van der Waals surface area (Å²) in [6.45, 7) is 5.96. The van der Waals surface area contributed by atoms with Crippen LogP contribution in [-0.2, 0) is 4.79 Å². The van der Waals surface area contributed by atoms with E-state index in [0.717, 1.165) is 26.1 Å². The minimum atomic E-state index is -2.86. The van der Waals surface area contributed by atoms with Gasteiger partial charge in [0.2, 0.25) is 5.91 Å². The quantitative estimate of drug-likeness (QED) is 0.835. The summed E-state index contributed by atoms with van der Waals surface area (Å²) in [4.78, 5) is 14.8. The van der Waals surface area contributed by atoms with Crippen LogP contribution in [0.3, 0.4) is 0 Å². The molecule has 0 bridgehead atoms. The third-order valence-corrected chi connectivity index (χ3v) is 4.15. The van der Waals surface area contributed by atoms with Crippen LogP contribution in [0.1, 0.15) is 24.5 Å². The van der Waals surface area contributed by atoms with Gasteiger partial charge in [-0.05, 0) is 50.1 Å². The summed E-state index contributed by atoms with van der Waals surface area (Å²) in [6, 6.07) is 2.80. The zero-order chi connectivity index (χ0) is 17.7. The first-order valence-corrected chi connectivity index (χ1v) is 8.24. The molecular weight excluding hydrogens is 316 g/mol. The molecule has 1 saturated heterocycles. The van der Waals surface area contributed by atoms with Crippen molar-refractivity contribution in [3.05, 3.63) is 23.3 Å². The lowest BCUT2D eigenvalue weighted by Gasteiger charge is -2.35. The van der Waals surface area contributed by atoms with Gasteiger partial charge < -0.3 is 15.4 Å². The second-order valence-corrected chi connectivity index (χ2v) is 6.06. The van der Waals surface area contributed by atoms with Crippen LogP contribution in [0.2, 0.25) is 0 Å². The summed E-state index contributed by atoms with van der Waals surface area (Å²) in [5.74, 6) is 0.0225. The Morgan fingerprint density at radius 3 is 2.67 bits per heavy atom. The normalized spacial score (nSPS) is 18.7. The van der Waals surface area contributed by atoms with Crippen molar-refractivity contribution in [2.24, 2.45) is 0 Å². The Labute approximate surface area is 141 Å². The van der Waals surface area contributed by atoms with Crippen molar-refractivity contribution < 1.29 is 18.3 Å². The zero-order valence-corrected chi connectivity index (χ0v) is 14.4. The highest BCUT2D eigenvalue weighted by Crippen LogP contribution is 2.27. The standard InChI is InChI=1S/C17H25F2N3O2/c1-4-6-22-7-5-20-10-14(22)16(23)21-15-11(2)8-13(9-12(15)3)24-17(18)19/h8-9,14,17,20H,4-7,10H2,1-3H3,(H,21,23)/t14-/m0/s1. The number of amides is 1. The van der Waals surface area contributed by atoms with Crippen molar-refractivity contribution in [1.29, 1.82) is 0 Å². The van der Waals surface area contributed by atoms with Gasteiger partial charge in [-0.15, -0.1) is 0 Å². The Bertz CT molecular complexity index is 556. The Balaban J connectivity index is 2.13. The van der Waals surface area contributed by atoms with Crippen molar-refractivity contribution in [3.8, 4) is 5.75 Å². The van der Waals surface area contributed by atoms with Gasteiger partial charge in [-0.2, -0.15) is 8.78 Å². The van der Waals surface area contributed by atoms with E-state index in [0.29, 0.717) is 23.4 Å². The van der Waals surface area contributed by atoms with E-state index in [2.05, 4.69) is 27.2 Å². The number of halogens is 2. The monoisotopic (exact) mass is 341 g/mol. The molecule has 24 heavy (non-hydrogen) atoms. The number of ether oxygens (including phenoxy) is 1. The lowest BCUT2D eigenvalue weighted by molar-refractivity contribution is -0.121. The molecular formula is C17H25F2N3O2. The van der Waals surface area contributed by atoms with Gasteiger partial charge in [0.1, 0.15) is 11.8 Å². The maximum atomic E-state index is 12.7. The predicted octanol–water partition coefficient (Wildman–Crippen LogP) is 2.53. The molecule has 5 nitrogen and oxygen atoms in total. The molecule has 0 unspecified atom stereocenters. The molecule has 134 valence electrons. The predicted molar refractivity (Wildman–Crippen MR) is 89.7 cm³/mol. The third kappa shape index (κ3) is 4.64. The molecule has 1 aromatic carbocycles. The summed E-state index contributed by atoms with van der Waals surface area (Å²) in [6.07, 6.45) is 0.988. The summed E-state index contributed by atoms with van der Waals surface area (Å²) in [5, 5.41) is 6.20. The van der Waals surface area contributed by atoms with E-state index in [4.69, 9.17) is 0 Å². The van der Waals surface area contributed by atoms with Gasteiger partial charge in [-0.25, -0.2) is 0 Å². The molecule has 1 aliphatic rings. The fourth-order valence-corrected chi connectivity index (χ4v) is 3.06. The minimum Gasteiger partial charge on any atom is -0.435 e. The fourth-order valence-electron chi connectivity index (χ4n) is 3.06. The van der Waals surface area contributed by atoms with Crippen molar-refractivity contribution in [1.82, 2.24) is 10.2 Å². The molecule has 1 aliphatic heterocycles. The van der Waals surface area contributed by atoms with Crippen LogP contribution in [0.15, 0.2) is 12.1 Å². The topological polar surface area (TPSA) is 53.6 Å². The molecule has 0 aliphatic carbocycles. The Morgan fingerprint density at radius 1 is 1.42 bits per heavy atom. The van der Waals surface area contributed by atoms with E-state index < -0.39 is 6.61 Å². The van der Waals surface area contributed by atoms with Crippen LogP contribution in [-0.4, -0.2) is 49.6 Å². The van der Waals surface area contributed by atoms with Crippen LogP contribution < -0.4 is 15.4 Å². The second kappa shape index (κ2) is 8.39. The molecule has 0 aromatic heterocycles. The van der Waals surface area contributed by atoms with E-state index in [-0.39, 0.29) is 17.7 Å². The van der Waals surface area contributed by atoms with Gasteiger partial charge in [-0.1, -0.05) is 6.92 Å². The molecule has 0 saturated carbocycles. The fraction of sp³-hybridized carbons (Fsp3) is 0.588. The summed E-state index contributed by atoms with van der Waals surface area (Å²) in [7, 11) is 0. The van der Waals surface area contributed by atoms with Gasteiger partial charge in [0.15, 0.2) is 0 Å². The third-order valence-electron chi connectivity index (χ3n) is 4.15. The summed E-state index contributed by atoms with van der Waals surface area (Å²) < 4.78 is 29.1. The average Bonchev–Trinajstić information content (AvgIpc) is 2.51. The zero-order valence-electron chi connectivity index (χ0n) is 14.4. The van der Waals surface area contributed by atoms with Crippen LogP contribution in [0, 0.1) is 13.8 Å². The lowest BCUT2D eigenvalue weighted by Crippen LogP contribution is -2.56. The number of anilines is 1. The van der Waals surface area contributed by atoms with E-state index in [1.54, 1.807) is 13.8 Å². The van der Waals surface area contributed by atoms with Crippen LogP contribution in [0.4, 0.5) is 14.5 Å². The lowest BCUT2D eigenvalue weighted by atomic mass is 10.1. The van der Waals surface area contributed by atoms with Crippen molar-refractivity contribution in [2.45, 2.75) is 39.8 Å². The molecule has 1 atom stereocenters. The number of carbonyl (C=O) groups is 1. The SMILES string of the molecule is CCCN1CCNC[C@H]1C(=O)Nc1c(C)cc(OC(F)F)cc1C. The second-order valence-electron chi connectivity index (χ2n) is 6.06. The first kappa shape index (κ1) is 18.6. The van der Waals surface area contributed by atoms with Crippen molar-refractivity contribution in [3.63, 3.8) is 0 Å². The van der Waals surface area contributed by atoms with E-state index >= 15 is 0 Å². The highest BCUT2D eigenvalue weighted by atomic mass is 19.3. The van der Waals surface area contributed by atoms with Crippen LogP contribution in [0.25, 0.3) is 0 Å². The molecule has 1 heterocycles. The largest absolute Gasteiger partial charge is 0.435 e. The molecule has 0 spiro atoms. The smallest absolute Gasteiger partial charge is 0.387 e. The van der Waals surface area contributed by atoms with E-state index in [1.165, 1.54) is 12.1 Å². The highest BCUT2D eigenvalue weighted by molar-refractivity contribution is 5.96. The maximum absolute atomic E-state index is 12.7. The molecule has 0 radical (unpaired) electrons. The Hall–Kier alpha value is -1.73. The number of aryl methyl sites for hydroxylation is 2. The Morgan fingerprint density at radius 2 is 2.08 bits per heavy atom. The number of nitrogens with one attached hydrogen (secondary N) is 2. The summed E-state index contributed by atoms with van der Waals surface area (Å²) in [5.41, 5.74) is 2.05. The Kier molecular flexibility index (Phi) is 6.51. The number of piperazine rings is 1. The molecule has 2 rings (SSSR count). The number of carbonyl (C=O) groups excluding carboxylic acids is 1. The molecule has 1 amide bonds. The number of nitrogens with zero attached hydrogens (tertiary/aromatic N) is 1. The van der Waals surface area contributed by atoms with Gasteiger partial charge in [0.05, 0.1) is 0 Å². The first-order valence-electron chi connectivity index (χ1n) is 8.24. The highest BCUT2D eigenvalue weighted by Gasteiger charge is 2.28. The van der Waals surface area contributed by atoms with Crippen LogP contribution in [0.5, 0.6) is 5.75 Å². The average molecular weight is 341 g/mol. The molecule has 2 N–H and O–H groups in total. The van der Waals surface area contributed by atoms with Crippen molar-refractivity contribution in [2.75, 3.05) is 31.5 Å². The molecule has 7 heteroatoms. The van der Waals surface area contributed by atoms with Gasteiger partial charge in [-0.3, -0.25) is 9.69 Å². The number of alkyl halides is 2. The maximum Gasteiger partial charge on any atom is 0.387 e. The van der Waals surface area contributed by atoms with E-state index in [9.17, 15) is 13.6 Å². The number of hydrogen-bond acceptors (Lipinski definition) is 4. The van der Waals surface area contributed by atoms with Gasteiger partial charge in [0.25, 0.3) is 0 Å².